The third-order valence-electron chi connectivity index (χ3n) is 0.990. The summed E-state index contributed by atoms with van der Waals surface area (Å²) in [5.41, 5.74) is 0. The average molecular weight is 197 g/mol. The van der Waals surface area contributed by atoms with Crippen molar-refractivity contribution in [3.63, 3.8) is 0 Å². The normalized spacial score (nSPS) is 10.0. The lowest BCUT2D eigenvalue weighted by atomic mass is 10.3. The van der Waals surface area contributed by atoms with Crippen LogP contribution in [0.2, 0.25) is 10.0 Å². The van der Waals surface area contributed by atoms with Gasteiger partial charge in [0.05, 0.1) is 10.0 Å². The summed E-state index contributed by atoms with van der Waals surface area (Å²) in [4.78, 5) is 0.392. The highest BCUT2D eigenvalue weighted by atomic mass is 35.5. The van der Waals surface area contributed by atoms with E-state index < -0.39 is 5.82 Å². The Balaban J connectivity index is 3.28. The lowest BCUT2D eigenvalue weighted by Crippen LogP contribution is -1.77. The molecule has 0 saturated heterocycles. The molecule has 0 amide bonds. The maximum absolute atomic E-state index is 12.5. The Morgan fingerprint density at radius 1 is 1.20 bits per heavy atom. The van der Waals surface area contributed by atoms with Gasteiger partial charge in [-0.25, -0.2) is 4.39 Å². The van der Waals surface area contributed by atoms with E-state index in [1.54, 1.807) is 0 Å². The summed E-state index contributed by atoms with van der Waals surface area (Å²) < 4.78 is 12.5. The molecule has 0 spiro atoms. The van der Waals surface area contributed by atoms with Crippen LogP contribution < -0.4 is 0 Å². The molecule has 10 heavy (non-hydrogen) atoms. The van der Waals surface area contributed by atoms with Crippen LogP contribution in [0.5, 0.6) is 0 Å². The zero-order chi connectivity index (χ0) is 7.72. The van der Waals surface area contributed by atoms with Gasteiger partial charge in [-0.15, -0.1) is 12.6 Å². The van der Waals surface area contributed by atoms with E-state index in [1.165, 1.54) is 12.1 Å². The molecule has 1 aromatic carbocycles. The second kappa shape index (κ2) is 2.99. The Morgan fingerprint density at radius 3 is 2.30 bits per heavy atom. The molecule has 0 aliphatic carbocycles. The minimum absolute atomic E-state index is 0.0165. The molecule has 0 radical (unpaired) electrons. The molecule has 0 aliphatic rings. The van der Waals surface area contributed by atoms with Gasteiger partial charge in [-0.3, -0.25) is 0 Å². The molecule has 0 N–H and O–H groups in total. The van der Waals surface area contributed by atoms with Gasteiger partial charge in [-0.1, -0.05) is 23.2 Å². The van der Waals surface area contributed by atoms with E-state index in [4.69, 9.17) is 23.2 Å². The molecule has 0 aliphatic heterocycles. The van der Waals surface area contributed by atoms with Gasteiger partial charge in [0.25, 0.3) is 0 Å². The minimum atomic E-state index is -0.504. The van der Waals surface area contributed by atoms with E-state index in [1.807, 2.05) is 0 Å². The van der Waals surface area contributed by atoms with Crippen molar-refractivity contribution >= 4 is 35.8 Å². The maximum Gasteiger partial charge on any atom is 0.142 e. The Hall–Kier alpha value is 0.0800. The number of halogens is 3. The summed E-state index contributed by atoms with van der Waals surface area (Å²) >= 11 is 14.8. The zero-order valence-electron chi connectivity index (χ0n) is 4.74. The van der Waals surface area contributed by atoms with Gasteiger partial charge in [-0.2, -0.15) is 0 Å². The van der Waals surface area contributed by atoms with Crippen LogP contribution in [0.15, 0.2) is 17.0 Å². The van der Waals surface area contributed by atoms with Crippen LogP contribution in [0.25, 0.3) is 0 Å². The van der Waals surface area contributed by atoms with Crippen molar-refractivity contribution in [2.75, 3.05) is 0 Å². The van der Waals surface area contributed by atoms with E-state index in [0.29, 0.717) is 9.92 Å². The summed E-state index contributed by atoms with van der Waals surface area (Å²) in [7, 11) is 0. The fourth-order valence-corrected chi connectivity index (χ4v) is 1.07. The highest BCUT2D eigenvalue weighted by molar-refractivity contribution is 7.80. The topological polar surface area (TPSA) is 0 Å². The van der Waals surface area contributed by atoms with Crippen LogP contribution >= 0.6 is 35.8 Å². The summed E-state index contributed by atoms with van der Waals surface area (Å²) in [6, 6.07) is 2.49. The SMILES string of the molecule is Fc1cc(S)c(Cl)cc1Cl. The predicted octanol–water partition coefficient (Wildman–Crippen LogP) is 3.42. The van der Waals surface area contributed by atoms with Gasteiger partial charge in [0.2, 0.25) is 0 Å². The van der Waals surface area contributed by atoms with Crippen LogP contribution in [0, 0.1) is 5.82 Å². The third-order valence-corrected chi connectivity index (χ3v) is 2.09. The first-order chi connectivity index (χ1) is 4.61. The van der Waals surface area contributed by atoms with E-state index in [2.05, 4.69) is 12.6 Å². The zero-order valence-corrected chi connectivity index (χ0v) is 7.14. The van der Waals surface area contributed by atoms with Crippen molar-refractivity contribution in [1.82, 2.24) is 0 Å². The Morgan fingerprint density at radius 2 is 1.80 bits per heavy atom. The van der Waals surface area contributed by atoms with Crippen LogP contribution in [-0.2, 0) is 0 Å². The first kappa shape index (κ1) is 8.18. The lowest BCUT2D eigenvalue weighted by molar-refractivity contribution is 0.625. The predicted molar refractivity (Wildman–Crippen MR) is 43.7 cm³/mol. The largest absolute Gasteiger partial charge is 0.205 e. The van der Waals surface area contributed by atoms with Crippen LogP contribution in [-0.4, -0.2) is 0 Å². The molecule has 0 fully saturated rings. The second-order valence-electron chi connectivity index (χ2n) is 1.72. The molecule has 0 nitrogen and oxygen atoms in total. The highest BCUT2D eigenvalue weighted by Crippen LogP contribution is 2.26. The molecule has 0 aromatic heterocycles. The van der Waals surface area contributed by atoms with Crippen LogP contribution in [0.1, 0.15) is 0 Å². The molecule has 0 heterocycles. The summed E-state index contributed by atoms with van der Waals surface area (Å²) in [6.07, 6.45) is 0. The summed E-state index contributed by atoms with van der Waals surface area (Å²) in [6.45, 7) is 0. The fraction of sp³-hybridized carbons (Fsp3) is 0. The standard InChI is InChI=1S/C6H3Cl2FS/c7-3-1-4(8)6(10)2-5(3)9/h1-2,10H. The number of hydrogen-bond acceptors (Lipinski definition) is 1. The van der Waals surface area contributed by atoms with Gasteiger partial charge >= 0.3 is 0 Å². The summed E-state index contributed by atoms with van der Waals surface area (Å²) in [5, 5.41) is 0.373. The number of thiol groups is 1. The van der Waals surface area contributed by atoms with Crippen molar-refractivity contribution in [1.29, 1.82) is 0 Å². The van der Waals surface area contributed by atoms with Gasteiger partial charge in [-0.05, 0) is 12.1 Å². The van der Waals surface area contributed by atoms with Crippen LogP contribution in [0.4, 0.5) is 4.39 Å². The molecule has 0 saturated carbocycles. The number of rotatable bonds is 0. The van der Waals surface area contributed by atoms with E-state index in [9.17, 15) is 4.39 Å². The molecule has 0 bridgehead atoms. The molecular formula is C6H3Cl2FS. The molecule has 1 rings (SSSR count). The van der Waals surface area contributed by atoms with Crippen molar-refractivity contribution in [3.8, 4) is 0 Å². The molecule has 1 aromatic rings. The van der Waals surface area contributed by atoms with Crippen molar-refractivity contribution < 1.29 is 4.39 Å². The van der Waals surface area contributed by atoms with Crippen molar-refractivity contribution in [3.05, 3.63) is 28.0 Å². The number of hydrogen-bond donors (Lipinski definition) is 1. The quantitative estimate of drug-likeness (QED) is 0.478. The lowest BCUT2D eigenvalue weighted by Gasteiger charge is -1.97. The first-order valence-electron chi connectivity index (χ1n) is 2.45. The monoisotopic (exact) mass is 196 g/mol. The highest BCUT2D eigenvalue weighted by Gasteiger charge is 2.02. The molecule has 54 valence electrons. The van der Waals surface area contributed by atoms with Gasteiger partial charge in [0.15, 0.2) is 0 Å². The Kier molecular flexibility index (Phi) is 2.45. The fourth-order valence-electron chi connectivity index (χ4n) is 0.512. The molecule has 0 atom stereocenters. The average Bonchev–Trinajstić information content (AvgIpc) is 1.84. The molecular weight excluding hydrogens is 194 g/mol. The number of benzene rings is 1. The van der Waals surface area contributed by atoms with E-state index in [-0.39, 0.29) is 5.02 Å². The van der Waals surface area contributed by atoms with Gasteiger partial charge in [0.1, 0.15) is 5.82 Å². The third kappa shape index (κ3) is 1.57. The smallest absolute Gasteiger partial charge is 0.142 e. The van der Waals surface area contributed by atoms with Crippen molar-refractivity contribution in [2.24, 2.45) is 0 Å². The maximum atomic E-state index is 12.5. The van der Waals surface area contributed by atoms with Gasteiger partial charge < -0.3 is 0 Å². The summed E-state index contributed by atoms with van der Waals surface area (Å²) in [5.74, 6) is -0.504. The second-order valence-corrected chi connectivity index (χ2v) is 3.01. The molecule has 4 heteroatoms. The van der Waals surface area contributed by atoms with Crippen LogP contribution in [0.3, 0.4) is 0 Å². The first-order valence-corrected chi connectivity index (χ1v) is 3.65. The Bertz CT molecular complexity index is 212. The van der Waals surface area contributed by atoms with E-state index >= 15 is 0 Å². The minimum Gasteiger partial charge on any atom is -0.205 e. The Labute approximate surface area is 73.4 Å². The van der Waals surface area contributed by atoms with Crippen molar-refractivity contribution in [2.45, 2.75) is 4.90 Å². The van der Waals surface area contributed by atoms with Gasteiger partial charge in [0, 0.05) is 4.90 Å². The van der Waals surface area contributed by atoms with E-state index in [0.717, 1.165) is 0 Å². The molecule has 0 unspecified atom stereocenters.